The maximum atomic E-state index is 12.1. The highest BCUT2D eigenvalue weighted by Crippen LogP contribution is 2.05. The first-order valence-electron chi connectivity index (χ1n) is 6.74. The Labute approximate surface area is 120 Å². The number of amides is 3. The number of rotatable bonds is 4. The Kier molecular flexibility index (Phi) is 4.46. The van der Waals surface area contributed by atoms with E-state index in [2.05, 4.69) is 15.7 Å². The molecule has 2 heterocycles. The van der Waals surface area contributed by atoms with Gasteiger partial charge in [-0.1, -0.05) is 6.92 Å². The van der Waals surface area contributed by atoms with Gasteiger partial charge in [-0.3, -0.25) is 24.5 Å². The van der Waals surface area contributed by atoms with Crippen LogP contribution in [0.2, 0.25) is 0 Å². The average Bonchev–Trinajstić information content (AvgIpc) is 2.44. The Morgan fingerprint density at radius 1 is 1.43 bits per heavy atom. The van der Waals surface area contributed by atoms with E-state index in [9.17, 15) is 19.2 Å². The molecule has 2 N–H and O–H groups in total. The highest BCUT2D eigenvalue weighted by molar-refractivity contribution is 6.03. The number of piperidine rings is 1. The van der Waals surface area contributed by atoms with Crippen molar-refractivity contribution < 1.29 is 14.4 Å². The normalized spacial score (nSPS) is 18.2. The van der Waals surface area contributed by atoms with Crippen LogP contribution in [0.25, 0.3) is 0 Å². The third kappa shape index (κ3) is 3.53. The zero-order valence-electron chi connectivity index (χ0n) is 11.6. The van der Waals surface area contributed by atoms with Crippen LogP contribution in [-0.4, -0.2) is 33.5 Å². The number of aryl methyl sites for hydroxylation is 1. The van der Waals surface area contributed by atoms with Crippen LogP contribution in [0, 0.1) is 0 Å². The van der Waals surface area contributed by atoms with Gasteiger partial charge in [0, 0.05) is 19.0 Å². The molecule has 1 saturated heterocycles. The van der Waals surface area contributed by atoms with Crippen molar-refractivity contribution in [1.82, 2.24) is 20.4 Å². The van der Waals surface area contributed by atoms with Crippen molar-refractivity contribution in [2.75, 3.05) is 0 Å². The lowest BCUT2D eigenvalue weighted by Crippen LogP contribution is -2.52. The van der Waals surface area contributed by atoms with Gasteiger partial charge in [0.15, 0.2) is 0 Å². The fourth-order valence-corrected chi connectivity index (χ4v) is 2.01. The zero-order valence-corrected chi connectivity index (χ0v) is 11.6. The predicted molar refractivity (Wildman–Crippen MR) is 72.4 cm³/mol. The van der Waals surface area contributed by atoms with Crippen LogP contribution in [0.15, 0.2) is 16.9 Å². The van der Waals surface area contributed by atoms with Crippen LogP contribution in [0.4, 0.5) is 0 Å². The summed E-state index contributed by atoms with van der Waals surface area (Å²) in [7, 11) is 0. The summed E-state index contributed by atoms with van der Waals surface area (Å²) in [4.78, 5) is 46.2. The van der Waals surface area contributed by atoms with Gasteiger partial charge in [-0.25, -0.2) is 4.68 Å². The predicted octanol–water partition coefficient (Wildman–Crippen LogP) is -0.812. The summed E-state index contributed by atoms with van der Waals surface area (Å²) >= 11 is 0. The lowest BCUT2D eigenvalue weighted by atomic mass is 10.1. The van der Waals surface area contributed by atoms with Crippen molar-refractivity contribution in [2.45, 2.75) is 38.8 Å². The quantitative estimate of drug-likeness (QED) is 0.705. The van der Waals surface area contributed by atoms with E-state index in [0.29, 0.717) is 13.0 Å². The minimum Gasteiger partial charge on any atom is -0.339 e. The number of hydrogen-bond donors (Lipinski definition) is 2. The Bertz CT molecular complexity index is 637. The van der Waals surface area contributed by atoms with Gasteiger partial charge in [-0.15, -0.1) is 0 Å². The molecule has 0 aliphatic carbocycles. The molecule has 21 heavy (non-hydrogen) atoms. The summed E-state index contributed by atoms with van der Waals surface area (Å²) in [6.07, 6.45) is 1.15. The van der Waals surface area contributed by atoms with Gasteiger partial charge >= 0.3 is 0 Å². The smallest absolute Gasteiger partial charge is 0.272 e. The van der Waals surface area contributed by atoms with Crippen molar-refractivity contribution in [2.24, 2.45) is 0 Å². The molecule has 1 fully saturated rings. The van der Waals surface area contributed by atoms with Gasteiger partial charge in [0.05, 0.1) is 0 Å². The van der Waals surface area contributed by atoms with Crippen LogP contribution < -0.4 is 16.2 Å². The SMILES string of the molecule is CCCn1nc(C(=O)NC2CCC(=O)NC2=O)ccc1=O. The third-order valence-corrected chi connectivity index (χ3v) is 3.08. The van der Waals surface area contributed by atoms with E-state index in [4.69, 9.17) is 0 Å². The van der Waals surface area contributed by atoms with Crippen LogP contribution in [0.1, 0.15) is 36.7 Å². The Morgan fingerprint density at radius 2 is 2.19 bits per heavy atom. The lowest BCUT2D eigenvalue weighted by Gasteiger charge is -2.21. The number of aromatic nitrogens is 2. The molecule has 0 saturated carbocycles. The minimum atomic E-state index is -0.761. The number of carbonyl (C=O) groups is 3. The Hall–Kier alpha value is -2.51. The molecule has 1 unspecified atom stereocenters. The third-order valence-electron chi connectivity index (χ3n) is 3.08. The number of imide groups is 1. The molecular formula is C13H16N4O4. The summed E-state index contributed by atoms with van der Waals surface area (Å²) in [5, 5.41) is 8.63. The molecular weight excluding hydrogens is 276 g/mol. The summed E-state index contributed by atoms with van der Waals surface area (Å²) in [5.41, 5.74) is -0.220. The minimum absolute atomic E-state index is 0.0627. The molecule has 1 aliphatic heterocycles. The second kappa shape index (κ2) is 6.29. The van der Waals surface area contributed by atoms with Crippen molar-refractivity contribution in [3.63, 3.8) is 0 Å². The van der Waals surface area contributed by atoms with E-state index in [1.165, 1.54) is 16.8 Å². The molecule has 1 aromatic heterocycles. The van der Waals surface area contributed by atoms with E-state index in [1.807, 2.05) is 6.92 Å². The van der Waals surface area contributed by atoms with Crippen LogP contribution in [0.5, 0.6) is 0 Å². The van der Waals surface area contributed by atoms with E-state index in [-0.39, 0.29) is 30.0 Å². The van der Waals surface area contributed by atoms with Crippen LogP contribution in [-0.2, 0) is 16.1 Å². The van der Waals surface area contributed by atoms with Crippen molar-refractivity contribution in [3.05, 3.63) is 28.2 Å². The average molecular weight is 292 g/mol. The molecule has 0 aromatic carbocycles. The molecule has 0 radical (unpaired) electrons. The Balaban J connectivity index is 2.10. The molecule has 8 nitrogen and oxygen atoms in total. The first-order valence-corrected chi connectivity index (χ1v) is 6.74. The lowest BCUT2D eigenvalue weighted by molar-refractivity contribution is -0.134. The standard InChI is InChI=1S/C13H16N4O4/c1-2-7-17-11(19)6-4-9(16-17)13(21)14-8-3-5-10(18)15-12(8)20/h4,6,8H,2-3,5,7H2,1H3,(H,14,21)(H,15,18,20). The van der Waals surface area contributed by atoms with E-state index in [1.54, 1.807) is 0 Å². The second-order valence-corrected chi connectivity index (χ2v) is 4.76. The monoisotopic (exact) mass is 292 g/mol. The molecule has 1 aliphatic rings. The summed E-state index contributed by atoms with van der Waals surface area (Å²) < 4.78 is 1.21. The van der Waals surface area contributed by atoms with E-state index < -0.39 is 17.9 Å². The number of nitrogens with one attached hydrogen (secondary N) is 2. The molecule has 8 heteroatoms. The van der Waals surface area contributed by atoms with Gasteiger partial charge in [-0.05, 0) is 18.9 Å². The van der Waals surface area contributed by atoms with Gasteiger partial charge < -0.3 is 5.32 Å². The van der Waals surface area contributed by atoms with Gasteiger partial charge in [0.25, 0.3) is 11.5 Å². The Morgan fingerprint density at radius 3 is 2.86 bits per heavy atom. The summed E-state index contributed by atoms with van der Waals surface area (Å²) in [6, 6.07) is 1.82. The molecule has 3 amide bonds. The maximum Gasteiger partial charge on any atom is 0.272 e. The number of nitrogens with zero attached hydrogens (tertiary/aromatic N) is 2. The maximum absolute atomic E-state index is 12.1. The zero-order chi connectivity index (χ0) is 15.4. The highest BCUT2D eigenvalue weighted by Gasteiger charge is 2.28. The summed E-state index contributed by atoms with van der Waals surface area (Å²) in [5.74, 6) is -1.42. The van der Waals surface area contributed by atoms with Crippen molar-refractivity contribution in [1.29, 1.82) is 0 Å². The van der Waals surface area contributed by atoms with Gasteiger partial charge in [-0.2, -0.15) is 5.10 Å². The van der Waals surface area contributed by atoms with Gasteiger partial charge in [0.1, 0.15) is 11.7 Å². The second-order valence-electron chi connectivity index (χ2n) is 4.76. The number of hydrogen-bond acceptors (Lipinski definition) is 5. The molecule has 2 rings (SSSR count). The topological polar surface area (TPSA) is 110 Å². The fraction of sp³-hybridized carbons (Fsp3) is 0.462. The molecule has 0 spiro atoms. The molecule has 1 aromatic rings. The molecule has 1 atom stereocenters. The van der Waals surface area contributed by atoms with Crippen LogP contribution in [0.3, 0.4) is 0 Å². The van der Waals surface area contributed by atoms with Crippen molar-refractivity contribution >= 4 is 17.7 Å². The largest absolute Gasteiger partial charge is 0.339 e. The first kappa shape index (κ1) is 14.9. The van der Waals surface area contributed by atoms with Crippen molar-refractivity contribution in [3.8, 4) is 0 Å². The summed E-state index contributed by atoms with van der Waals surface area (Å²) in [6.45, 7) is 2.31. The fourth-order valence-electron chi connectivity index (χ4n) is 2.01. The van der Waals surface area contributed by atoms with E-state index in [0.717, 1.165) is 0 Å². The van der Waals surface area contributed by atoms with Crippen LogP contribution >= 0.6 is 0 Å². The van der Waals surface area contributed by atoms with E-state index >= 15 is 0 Å². The highest BCUT2D eigenvalue weighted by atomic mass is 16.2. The number of carbonyl (C=O) groups excluding carboxylic acids is 3. The molecule has 0 bridgehead atoms. The molecule has 112 valence electrons. The first-order chi connectivity index (χ1) is 10.0. The van der Waals surface area contributed by atoms with Gasteiger partial charge in [0.2, 0.25) is 11.8 Å².